The van der Waals surface area contributed by atoms with E-state index in [9.17, 15) is 13.2 Å². The van der Waals surface area contributed by atoms with Crippen molar-refractivity contribution in [1.29, 1.82) is 0 Å². The van der Waals surface area contributed by atoms with Gasteiger partial charge in [-0.15, -0.1) is 0 Å². The molecule has 0 aliphatic carbocycles. The van der Waals surface area contributed by atoms with E-state index in [2.05, 4.69) is 10.3 Å². The minimum absolute atomic E-state index is 0.176. The summed E-state index contributed by atoms with van der Waals surface area (Å²) in [6.45, 7) is 0.733. The number of benzene rings is 1. The fraction of sp³-hybridized carbons (Fsp3) is 0.235. The molecule has 0 radical (unpaired) electrons. The van der Waals surface area contributed by atoms with Gasteiger partial charge in [-0.25, -0.2) is 4.99 Å². The van der Waals surface area contributed by atoms with E-state index in [1.807, 2.05) is 36.5 Å². The molecule has 2 aliphatic heterocycles. The molecule has 132 valence electrons. The number of aliphatic imine (C=N–C) groups is 1. The molecule has 2 heterocycles. The number of nitrogens with zero attached hydrogens (tertiary/aromatic N) is 2. The van der Waals surface area contributed by atoms with E-state index in [4.69, 9.17) is 4.74 Å². The van der Waals surface area contributed by atoms with Crippen molar-refractivity contribution in [2.75, 3.05) is 17.3 Å². The average molecular weight is 367 g/mol. The summed E-state index contributed by atoms with van der Waals surface area (Å²) in [5, 5.41) is 3.81. The number of halogens is 3. The lowest BCUT2D eigenvalue weighted by atomic mass is 10.1. The van der Waals surface area contributed by atoms with Crippen molar-refractivity contribution in [3.05, 3.63) is 60.2 Å². The van der Waals surface area contributed by atoms with Crippen LogP contribution in [-0.2, 0) is 0 Å². The predicted octanol–water partition coefficient (Wildman–Crippen LogP) is 4.40. The predicted molar refractivity (Wildman–Crippen MR) is 94.5 cm³/mol. The van der Waals surface area contributed by atoms with Crippen molar-refractivity contribution in [3.8, 4) is 5.75 Å². The van der Waals surface area contributed by atoms with Gasteiger partial charge >= 0.3 is 6.18 Å². The van der Waals surface area contributed by atoms with Crippen molar-refractivity contribution in [2.45, 2.75) is 13.1 Å². The number of amidine groups is 1. The maximum absolute atomic E-state index is 12.2. The van der Waals surface area contributed by atoms with Crippen LogP contribution in [0.15, 0.2) is 65.2 Å². The highest BCUT2D eigenvalue weighted by Gasteiger charge is 2.28. The number of hydrogen-bond acceptors (Lipinski definition) is 5. The lowest BCUT2D eigenvalue weighted by molar-refractivity contribution is -0.153. The lowest BCUT2D eigenvalue weighted by Crippen LogP contribution is -2.27. The molecule has 1 aromatic rings. The Bertz CT molecular complexity index is 751. The minimum Gasteiger partial charge on any atom is -0.484 e. The summed E-state index contributed by atoms with van der Waals surface area (Å²) in [7, 11) is 0. The summed E-state index contributed by atoms with van der Waals surface area (Å²) in [6, 6.07) is 6.48. The molecule has 4 nitrogen and oxygen atoms in total. The Morgan fingerprint density at radius 1 is 1.24 bits per heavy atom. The van der Waals surface area contributed by atoms with E-state index in [-0.39, 0.29) is 5.75 Å². The number of alkyl halides is 3. The van der Waals surface area contributed by atoms with Crippen LogP contribution in [-0.4, -0.2) is 23.7 Å². The van der Waals surface area contributed by atoms with Crippen molar-refractivity contribution in [1.82, 2.24) is 5.32 Å². The third-order valence-corrected chi connectivity index (χ3v) is 4.19. The van der Waals surface area contributed by atoms with Gasteiger partial charge in [0.25, 0.3) is 0 Å². The molecule has 0 amide bonds. The zero-order valence-corrected chi connectivity index (χ0v) is 14.2. The van der Waals surface area contributed by atoms with E-state index >= 15 is 0 Å². The van der Waals surface area contributed by atoms with E-state index < -0.39 is 12.8 Å². The third kappa shape index (κ3) is 4.39. The van der Waals surface area contributed by atoms with Crippen molar-refractivity contribution in [2.24, 2.45) is 4.99 Å². The summed E-state index contributed by atoms with van der Waals surface area (Å²) in [5.41, 5.74) is 2.61. The van der Waals surface area contributed by atoms with Crippen LogP contribution in [0.4, 0.5) is 18.9 Å². The molecule has 0 saturated heterocycles. The Kier molecular flexibility index (Phi) is 5.08. The Hall–Kier alpha value is -2.35. The molecule has 1 aromatic carbocycles. The molecule has 0 atom stereocenters. The summed E-state index contributed by atoms with van der Waals surface area (Å²) >= 11 is 1.59. The summed E-state index contributed by atoms with van der Waals surface area (Å²) < 4.78 is 41.4. The molecule has 3 rings (SSSR count). The van der Waals surface area contributed by atoms with E-state index in [0.717, 1.165) is 27.9 Å². The molecule has 1 N–H and O–H groups in total. The highest BCUT2D eigenvalue weighted by molar-refractivity contribution is 8.14. The van der Waals surface area contributed by atoms with Crippen LogP contribution in [0.3, 0.4) is 0 Å². The molecular weight excluding hydrogens is 351 g/mol. The molecule has 8 heteroatoms. The molecule has 0 bridgehead atoms. The standard InChI is InChI=1S/C17H16F3N3OS/c1-2-25-16-22-15-9-21-8-7-12(15)10-23(16)13-3-5-14(6-4-13)24-11-17(18,19)20/h3-10,21H,2,11H2,1H3. The number of anilines is 1. The molecule has 0 unspecified atom stereocenters. The van der Waals surface area contributed by atoms with Gasteiger partial charge in [0.2, 0.25) is 0 Å². The van der Waals surface area contributed by atoms with Crippen LogP contribution in [0.25, 0.3) is 0 Å². The first-order valence-electron chi connectivity index (χ1n) is 7.61. The van der Waals surface area contributed by atoms with Gasteiger partial charge in [-0.1, -0.05) is 18.7 Å². The van der Waals surface area contributed by atoms with E-state index in [0.29, 0.717) is 0 Å². The normalized spacial score (nSPS) is 16.5. The fourth-order valence-electron chi connectivity index (χ4n) is 2.27. The molecule has 0 saturated carbocycles. The molecule has 0 fully saturated rings. The van der Waals surface area contributed by atoms with Gasteiger partial charge in [0.1, 0.15) is 5.75 Å². The topological polar surface area (TPSA) is 36.9 Å². The molecule has 0 spiro atoms. The fourth-order valence-corrected chi connectivity index (χ4v) is 2.99. The number of fused-ring (bicyclic) bond motifs is 1. The van der Waals surface area contributed by atoms with Crippen LogP contribution in [0.2, 0.25) is 0 Å². The zero-order valence-electron chi connectivity index (χ0n) is 13.4. The quantitative estimate of drug-likeness (QED) is 0.856. The number of hydrogen-bond donors (Lipinski definition) is 1. The molecular formula is C17H16F3N3OS. The zero-order chi connectivity index (χ0) is 17.9. The van der Waals surface area contributed by atoms with Gasteiger partial charge in [-0.05, 0) is 36.1 Å². The number of allylic oxidation sites excluding steroid dienone is 1. The molecule has 25 heavy (non-hydrogen) atoms. The average Bonchev–Trinajstić information content (AvgIpc) is 2.59. The smallest absolute Gasteiger partial charge is 0.422 e. The maximum atomic E-state index is 12.2. The van der Waals surface area contributed by atoms with Crippen LogP contribution in [0.1, 0.15) is 6.92 Å². The number of thioether (sulfide) groups is 1. The van der Waals surface area contributed by atoms with Gasteiger partial charge in [0.15, 0.2) is 11.8 Å². The highest BCUT2D eigenvalue weighted by Crippen LogP contribution is 2.31. The third-order valence-electron chi connectivity index (χ3n) is 3.36. The van der Waals surface area contributed by atoms with Gasteiger partial charge in [-0.2, -0.15) is 13.2 Å². The van der Waals surface area contributed by atoms with Crippen molar-refractivity contribution in [3.63, 3.8) is 0 Å². The number of dihydropyridines is 1. The van der Waals surface area contributed by atoms with Crippen LogP contribution in [0, 0.1) is 0 Å². The van der Waals surface area contributed by atoms with E-state index in [1.54, 1.807) is 23.9 Å². The molecule has 2 aliphatic rings. The van der Waals surface area contributed by atoms with Gasteiger partial charge < -0.3 is 10.1 Å². The lowest BCUT2D eigenvalue weighted by Gasteiger charge is -2.28. The Balaban J connectivity index is 1.81. The summed E-state index contributed by atoms with van der Waals surface area (Å²) in [6.07, 6.45) is 3.17. The Morgan fingerprint density at radius 3 is 2.68 bits per heavy atom. The highest BCUT2D eigenvalue weighted by atomic mass is 32.2. The second kappa shape index (κ2) is 7.26. The Morgan fingerprint density at radius 2 is 2.00 bits per heavy atom. The second-order valence-corrected chi connectivity index (χ2v) is 6.44. The van der Waals surface area contributed by atoms with Gasteiger partial charge in [0.05, 0.1) is 5.70 Å². The first-order valence-corrected chi connectivity index (χ1v) is 8.60. The van der Waals surface area contributed by atoms with Crippen LogP contribution in [0.5, 0.6) is 5.75 Å². The van der Waals surface area contributed by atoms with Crippen molar-refractivity contribution >= 4 is 22.6 Å². The van der Waals surface area contributed by atoms with E-state index in [1.165, 1.54) is 12.1 Å². The number of rotatable bonds is 4. The number of ether oxygens (including phenoxy) is 1. The van der Waals surface area contributed by atoms with Gasteiger partial charge in [-0.3, -0.25) is 4.90 Å². The maximum Gasteiger partial charge on any atom is 0.422 e. The first kappa shape index (κ1) is 17.5. The monoisotopic (exact) mass is 367 g/mol. The summed E-state index contributed by atoms with van der Waals surface area (Å²) in [4.78, 5) is 6.57. The van der Waals surface area contributed by atoms with Gasteiger partial charge in [0, 0.05) is 29.9 Å². The minimum atomic E-state index is -4.35. The van der Waals surface area contributed by atoms with Crippen molar-refractivity contribution < 1.29 is 17.9 Å². The molecule has 0 aromatic heterocycles. The summed E-state index contributed by atoms with van der Waals surface area (Å²) in [5.74, 6) is 1.02. The first-order chi connectivity index (χ1) is 12.0. The van der Waals surface area contributed by atoms with Crippen LogP contribution < -0.4 is 15.0 Å². The number of nitrogens with one attached hydrogen (secondary N) is 1. The second-order valence-electron chi connectivity index (χ2n) is 5.21. The SMILES string of the molecule is CCSC1=NC2=CNC=CC2=CN1c1ccc(OCC(F)(F)F)cc1. The van der Waals surface area contributed by atoms with Crippen LogP contribution >= 0.6 is 11.8 Å². The largest absolute Gasteiger partial charge is 0.484 e. The Labute approximate surface area is 147 Å².